The minimum Gasteiger partial charge on any atom is -0.479 e. The maximum Gasteiger partial charge on any atom is 0.334 e. The number of aliphatic hydroxyl groups excluding tert-OH is 1. The lowest BCUT2D eigenvalue weighted by atomic mass is 9.92. The fourth-order valence-electron chi connectivity index (χ4n) is 2.84. The first kappa shape index (κ1) is 23.1. The van der Waals surface area contributed by atoms with Crippen molar-refractivity contribution in [2.45, 2.75) is 103 Å². The summed E-state index contributed by atoms with van der Waals surface area (Å²) in [7, 11) is 0. The average Bonchev–Trinajstić information content (AvgIpc) is 2.56. The molecule has 0 radical (unpaired) electrons. The third-order valence-electron chi connectivity index (χ3n) is 4.70. The normalized spacial score (nSPS) is 15.0. The first-order valence-corrected chi connectivity index (χ1v) is 9.58. The molecule has 0 heterocycles. The maximum atomic E-state index is 11.5. The second-order valence-electron chi connectivity index (χ2n) is 6.99. The second kappa shape index (κ2) is 14.4. The average molecular weight is 344 g/mol. The van der Waals surface area contributed by atoms with Crippen molar-refractivity contribution in [3.63, 3.8) is 0 Å². The van der Waals surface area contributed by atoms with Crippen molar-refractivity contribution in [1.82, 2.24) is 0 Å². The van der Waals surface area contributed by atoms with Crippen LogP contribution in [0.3, 0.4) is 0 Å². The molecule has 3 atom stereocenters. The second-order valence-corrected chi connectivity index (χ2v) is 6.99. The summed E-state index contributed by atoms with van der Waals surface area (Å²) in [5, 5.41) is 18.2. The Bertz CT molecular complexity index is 346. The molecule has 0 spiro atoms. The maximum absolute atomic E-state index is 11.5. The fourth-order valence-corrected chi connectivity index (χ4v) is 2.84. The van der Waals surface area contributed by atoms with E-state index in [2.05, 4.69) is 6.92 Å². The number of nitrogens with two attached hydrogens (primary N) is 1. The van der Waals surface area contributed by atoms with Gasteiger partial charge in [0.05, 0.1) is 0 Å². The number of rotatable bonds is 16. The van der Waals surface area contributed by atoms with Gasteiger partial charge in [-0.2, -0.15) is 0 Å². The van der Waals surface area contributed by atoms with Crippen LogP contribution in [-0.2, 0) is 9.59 Å². The summed E-state index contributed by atoms with van der Waals surface area (Å²) in [5.41, 5.74) is 5.75. The molecular formula is C19H37NO4. The standard InChI is InChI=1S/C19H37NO4/c1-3-4-13-16(21)14-11-9-7-5-6-8-10-12-15(2)17(20)18(22)19(23)24/h15,17-18,22H,3-14,20H2,1-2H3,(H,23,24). The zero-order valence-corrected chi connectivity index (χ0v) is 15.5. The van der Waals surface area contributed by atoms with E-state index in [1.165, 1.54) is 12.8 Å². The van der Waals surface area contributed by atoms with E-state index < -0.39 is 18.1 Å². The highest BCUT2D eigenvalue weighted by Crippen LogP contribution is 2.16. The van der Waals surface area contributed by atoms with Crippen LogP contribution in [0.2, 0.25) is 0 Å². The summed E-state index contributed by atoms with van der Waals surface area (Å²) in [6.45, 7) is 4.00. The van der Waals surface area contributed by atoms with Crippen molar-refractivity contribution in [2.75, 3.05) is 0 Å². The van der Waals surface area contributed by atoms with Gasteiger partial charge in [0.25, 0.3) is 0 Å². The SMILES string of the molecule is CCCCC(=O)CCCCCCCCCC(C)C(N)C(O)C(=O)O. The van der Waals surface area contributed by atoms with Crippen molar-refractivity contribution in [3.8, 4) is 0 Å². The van der Waals surface area contributed by atoms with Gasteiger partial charge in [0, 0.05) is 18.9 Å². The minimum atomic E-state index is -1.47. The highest BCUT2D eigenvalue weighted by molar-refractivity contribution is 5.78. The minimum absolute atomic E-state index is 0.00485. The summed E-state index contributed by atoms with van der Waals surface area (Å²) in [6.07, 6.45) is 10.7. The van der Waals surface area contributed by atoms with Gasteiger partial charge >= 0.3 is 5.97 Å². The van der Waals surface area contributed by atoms with Crippen molar-refractivity contribution in [2.24, 2.45) is 11.7 Å². The Balaban J connectivity index is 3.48. The number of aliphatic carboxylic acids is 1. The molecule has 0 aromatic rings. The van der Waals surface area contributed by atoms with E-state index in [-0.39, 0.29) is 5.92 Å². The summed E-state index contributed by atoms with van der Waals surface area (Å²) in [5.74, 6) is -0.835. The Hall–Kier alpha value is -0.940. The van der Waals surface area contributed by atoms with E-state index in [4.69, 9.17) is 10.8 Å². The Kier molecular flexibility index (Phi) is 13.8. The number of carboxylic acid groups (broad SMARTS) is 1. The lowest BCUT2D eigenvalue weighted by molar-refractivity contribution is -0.148. The van der Waals surface area contributed by atoms with Crippen molar-refractivity contribution in [3.05, 3.63) is 0 Å². The number of carboxylic acids is 1. The molecule has 24 heavy (non-hydrogen) atoms. The number of carbonyl (C=O) groups excluding carboxylic acids is 1. The molecule has 0 aromatic carbocycles. The molecule has 0 fully saturated rings. The van der Waals surface area contributed by atoms with Gasteiger partial charge in [-0.15, -0.1) is 0 Å². The van der Waals surface area contributed by atoms with Crippen LogP contribution in [0, 0.1) is 5.92 Å². The van der Waals surface area contributed by atoms with Gasteiger partial charge in [0.2, 0.25) is 0 Å². The van der Waals surface area contributed by atoms with E-state index in [0.29, 0.717) is 5.78 Å². The summed E-state index contributed by atoms with van der Waals surface area (Å²) >= 11 is 0. The van der Waals surface area contributed by atoms with E-state index >= 15 is 0 Å². The molecule has 0 rings (SSSR count). The monoisotopic (exact) mass is 343 g/mol. The van der Waals surface area contributed by atoms with Gasteiger partial charge in [0.1, 0.15) is 5.78 Å². The molecule has 0 saturated carbocycles. The van der Waals surface area contributed by atoms with Gasteiger partial charge in [-0.25, -0.2) is 4.79 Å². The first-order valence-electron chi connectivity index (χ1n) is 9.58. The topological polar surface area (TPSA) is 101 Å². The number of Topliss-reactive ketones (excluding diaryl/α,β-unsaturated/α-hetero) is 1. The molecule has 0 aromatic heterocycles. The Morgan fingerprint density at radius 1 is 0.917 bits per heavy atom. The molecule has 0 aliphatic carbocycles. The quantitative estimate of drug-likeness (QED) is 0.371. The Labute approximate surface area is 147 Å². The van der Waals surface area contributed by atoms with Crippen LogP contribution in [0.4, 0.5) is 0 Å². The summed E-state index contributed by atoms with van der Waals surface area (Å²) in [4.78, 5) is 22.2. The number of hydrogen-bond donors (Lipinski definition) is 3. The van der Waals surface area contributed by atoms with Crippen molar-refractivity contribution in [1.29, 1.82) is 0 Å². The van der Waals surface area contributed by atoms with Gasteiger partial charge in [-0.3, -0.25) is 4.79 Å². The molecule has 142 valence electrons. The Morgan fingerprint density at radius 3 is 1.96 bits per heavy atom. The van der Waals surface area contributed by atoms with Crippen LogP contribution < -0.4 is 5.73 Å². The molecule has 3 unspecified atom stereocenters. The van der Waals surface area contributed by atoms with Crippen molar-refractivity contribution >= 4 is 11.8 Å². The van der Waals surface area contributed by atoms with E-state index in [1.807, 2.05) is 6.92 Å². The Morgan fingerprint density at radius 2 is 1.42 bits per heavy atom. The van der Waals surface area contributed by atoms with Gasteiger partial charge < -0.3 is 15.9 Å². The molecule has 5 nitrogen and oxygen atoms in total. The van der Waals surface area contributed by atoms with Crippen LogP contribution in [0.25, 0.3) is 0 Å². The molecule has 0 aliphatic heterocycles. The number of ketones is 1. The molecule has 5 heteroatoms. The lowest BCUT2D eigenvalue weighted by Gasteiger charge is -2.22. The first-order chi connectivity index (χ1) is 11.4. The highest BCUT2D eigenvalue weighted by Gasteiger charge is 2.26. The van der Waals surface area contributed by atoms with Crippen LogP contribution >= 0.6 is 0 Å². The van der Waals surface area contributed by atoms with Crippen LogP contribution in [0.15, 0.2) is 0 Å². The summed E-state index contributed by atoms with van der Waals surface area (Å²) < 4.78 is 0. The van der Waals surface area contributed by atoms with Gasteiger partial charge in [-0.05, 0) is 25.2 Å². The third kappa shape index (κ3) is 11.6. The number of aliphatic hydroxyl groups is 1. The fraction of sp³-hybridized carbons (Fsp3) is 0.895. The third-order valence-corrected chi connectivity index (χ3v) is 4.70. The lowest BCUT2D eigenvalue weighted by Crippen LogP contribution is -2.44. The number of unbranched alkanes of at least 4 members (excludes halogenated alkanes) is 7. The smallest absolute Gasteiger partial charge is 0.334 e. The summed E-state index contributed by atoms with van der Waals surface area (Å²) in [6, 6.07) is -0.701. The highest BCUT2D eigenvalue weighted by atomic mass is 16.4. The predicted octanol–water partition coefficient (Wildman–Crippen LogP) is 3.67. The van der Waals surface area contributed by atoms with E-state index in [9.17, 15) is 14.7 Å². The molecular weight excluding hydrogens is 306 g/mol. The molecule has 0 aliphatic rings. The van der Waals surface area contributed by atoms with E-state index in [0.717, 1.165) is 64.2 Å². The number of hydrogen-bond acceptors (Lipinski definition) is 4. The van der Waals surface area contributed by atoms with Gasteiger partial charge in [-0.1, -0.05) is 58.8 Å². The van der Waals surface area contributed by atoms with Crippen LogP contribution in [0.1, 0.15) is 90.9 Å². The molecule has 0 amide bonds. The zero-order chi connectivity index (χ0) is 18.4. The molecule has 0 saturated heterocycles. The molecule has 4 N–H and O–H groups in total. The largest absolute Gasteiger partial charge is 0.479 e. The zero-order valence-electron chi connectivity index (χ0n) is 15.5. The van der Waals surface area contributed by atoms with Crippen LogP contribution in [-0.4, -0.2) is 34.1 Å². The number of carbonyl (C=O) groups is 2. The molecule has 0 bridgehead atoms. The van der Waals surface area contributed by atoms with Crippen molar-refractivity contribution < 1.29 is 19.8 Å². The predicted molar refractivity (Wildman–Crippen MR) is 96.9 cm³/mol. The van der Waals surface area contributed by atoms with Gasteiger partial charge in [0.15, 0.2) is 6.10 Å². The van der Waals surface area contributed by atoms with E-state index in [1.54, 1.807) is 0 Å². The van der Waals surface area contributed by atoms with Crippen LogP contribution in [0.5, 0.6) is 0 Å².